The highest BCUT2D eigenvalue weighted by Gasteiger charge is 2.37. The van der Waals surface area contributed by atoms with Crippen LogP contribution < -0.4 is 4.90 Å². The highest BCUT2D eigenvalue weighted by atomic mass is 35.5. The van der Waals surface area contributed by atoms with Gasteiger partial charge < -0.3 is 4.74 Å². The van der Waals surface area contributed by atoms with E-state index in [2.05, 4.69) is 0 Å². The van der Waals surface area contributed by atoms with Crippen LogP contribution in [-0.2, 0) is 21.4 Å². The second-order valence-corrected chi connectivity index (χ2v) is 10.5. The van der Waals surface area contributed by atoms with Gasteiger partial charge in [-0.3, -0.25) is 4.90 Å². The number of amides is 1. The van der Waals surface area contributed by atoms with Crippen molar-refractivity contribution in [2.24, 2.45) is 0 Å². The molecule has 1 amide bonds. The van der Waals surface area contributed by atoms with Crippen LogP contribution >= 0.6 is 11.6 Å². The first-order valence-corrected chi connectivity index (χ1v) is 12.7. The van der Waals surface area contributed by atoms with E-state index in [1.165, 1.54) is 4.31 Å². The van der Waals surface area contributed by atoms with Crippen LogP contribution in [0.15, 0.2) is 77.7 Å². The van der Waals surface area contributed by atoms with Gasteiger partial charge in [-0.1, -0.05) is 60.1 Å². The first-order chi connectivity index (χ1) is 15.9. The molecule has 0 unspecified atom stereocenters. The number of carbonyl (C=O) groups is 1. The van der Waals surface area contributed by atoms with Gasteiger partial charge in [0.05, 0.1) is 10.6 Å². The van der Waals surface area contributed by atoms with Crippen molar-refractivity contribution in [2.75, 3.05) is 18.0 Å². The molecule has 3 aromatic carbocycles. The zero-order chi connectivity index (χ0) is 23.0. The third-order valence-corrected chi connectivity index (χ3v) is 8.42. The molecular formula is C25H23ClN2O4S. The van der Waals surface area contributed by atoms with E-state index in [9.17, 15) is 13.2 Å². The average Bonchev–Trinajstić information content (AvgIpc) is 2.85. The third kappa shape index (κ3) is 4.12. The topological polar surface area (TPSA) is 66.9 Å². The number of nitrogens with zero attached hydrogens (tertiary/aromatic N) is 2. The summed E-state index contributed by atoms with van der Waals surface area (Å²) >= 11 is 6.10. The summed E-state index contributed by atoms with van der Waals surface area (Å²) in [6.07, 6.45) is 0.633. The fourth-order valence-corrected chi connectivity index (χ4v) is 6.46. The van der Waals surface area contributed by atoms with E-state index < -0.39 is 16.1 Å². The van der Waals surface area contributed by atoms with Gasteiger partial charge >= 0.3 is 6.09 Å². The number of carbonyl (C=O) groups excluding carboxylic acids is 1. The Balaban J connectivity index is 1.38. The first kappa shape index (κ1) is 21.9. The van der Waals surface area contributed by atoms with Crippen molar-refractivity contribution < 1.29 is 17.9 Å². The summed E-state index contributed by atoms with van der Waals surface area (Å²) in [6.45, 7) is 0.834. The maximum atomic E-state index is 13.6. The number of halogens is 1. The van der Waals surface area contributed by atoms with Crippen molar-refractivity contribution >= 4 is 33.4 Å². The largest absolute Gasteiger partial charge is 0.444 e. The fourth-order valence-electron chi connectivity index (χ4n) is 4.59. The van der Waals surface area contributed by atoms with Crippen LogP contribution in [0.4, 0.5) is 10.5 Å². The lowest BCUT2D eigenvalue weighted by Gasteiger charge is -2.40. The Morgan fingerprint density at radius 2 is 1.61 bits per heavy atom. The molecule has 33 heavy (non-hydrogen) atoms. The quantitative estimate of drug-likeness (QED) is 0.505. The minimum Gasteiger partial charge on any atom is -0.444 e. The number of hydrogen-bond donors (Lipinski definition) is 0. The smallest absolute Gasteiger partial charge is 0.414 e. The number of piperidine rings is 1. The van der Waals surface area contributed by atoms with Gasteiger partial charge in [0.1, 0.15) is 6.61 Å². The number of rotatable bonds is 4. The van der Waals surface area contributed by atoms with Crippen LogP contribution in [0.3, 0.4) is 0 Å². The second kappa shape index (κ2) is 8.82. The molecule has 8 heteroatoms. The van der Waals surface area contributed by atoms with Crippen LogP contribution in [0.1, 0.15) is 18.4 Å². The van der Waals surface area contributed by atoms with Gasteiger partial charge in [-0.25, -0.2) is 13.2 Å². The van der Waals surface area contributed by atoms with Gasteiger partial charge in [0.2, 0.25) is 10.0 Å². The van der Waals surface area contributed by atoms with Crippen molar-refractivity contribution in [3.63, 3.8) is 0 Å². The van der Waals surface area contributed by atoms with Gasteiger partial charge in [-0.05, 0) is 42.7 Å². The van der Waals surface area contributed by atoms with E-state index in [4.69, 9.17) is 16.3 Å². The zero-order valence-electron chi connectivity index (χ0n) is 17.9. The van der Waals surface area contributed by atoms with Crippen molar-refractivity contribution in [1.29, 1.82) is 0 Å². The number of ether oxygens (including phenoxy) is 1. The Labute approximate surface area is 198 Å². The molecule has 0 spiro atoms. The lowest BCUT2D eigenvalue weighted by molar-refractivity contribution is 0.136. The number of hydrogen-bond acceptors (Lipinski definition) is 4. The number of cyclic esters (lactones) is 1. The molecule has 0 atom stereocenters. The lowest BCUT2D eigenvalue weighted by atomic mass is 10.0. The molecule has 0 bridgehead atoms. The predicted molar refractivity (Wildman–Crippen MR) is 128 cm³/mol. The molecule has 1 saturated heterocycles. The normalized spacial score (nSPS) is 17.5. The standard InChI is InChI=1S/C25H23ClN2O4S/c26-20-10-11-23-19(16-20)17-32-25(29)28(23)21-12-14-27(15-13-21)33(30,31)24-9-5-4-8-22(24)18-6-2-1-3-7-18/h1-11,16,21H,12-15,17H2. The molecule has 0 N–H and O–H groups in total. The van der Waals surface area contributed by atoms with Gasteiger partial charge in [-0.15, -0.1) is 0 Å². The van der Waals surface area contributed by atoms with Gasteiger partial charge in [0.25, 0.3) is 0 Å². The maximum absolute atomic E-state index is 13.6. The predicted octanol–water partition coefficient (Wildman–Crippen LogP) is 5.32. The second-order valence-electron chi connectivity index (χ2n) is 8.20. The number of sulfonamides is 1. The summed E-state index contributed by atoms with van der Waals surface area (Å²) in [5, 5.41) is 0.588. The minimum atomic E-state index is -3.69. The van der Waals surface area contributed by atoms with Gasteiger partial charge in [0.15, 0.2) is 0 Å². The van der Waals surface area contributed by atoms with E-state index >= 15 is 0 Å². The summed E-state index contributed by atoms with van der Waals surface area (Å²) in [5.74, 6) is 0. The van der Waals surface area contributed by atoms with Crippen LogP contribution in [0.25, 0.3) is 11.1 Å². The molecule has 0 radical (unpaired) electrons. The Morgan fingerprint density at radius 3 is 2.36 bits per heavy atom. The highest BCUT2D eigenvalue weighted by molar-refractivity contribution is 7.89. The lowest BCUT2D eigenvalue weighted by Crippen LogP contribution is -2.50. The molecule has 2 aliphatic heterocycles. The van der Waals surface area contributed by atoms with E-state index in [1.54, 1.807) is 29.2 Å². The minimum absolute atomic E-state index is 0.145. The summed E-state index contributed by atoms with van der Waals surface area (Å²) < 4.78 is 34.0. The molecule has 2 heterocycles. The van der Waals surface area contributed by atoms with Crippen LogP contribution in [0, 0.1) is 0 Å². The number of fused-ring (bicyclic) bond motifs is 1. The van der Waals surface area contributed by atoms with Gasteiger partial charge in [-0.2, -0.15) is 4.31 Å². The monoisotopic (exact) mass is 482 g/mol. The molecule has 2 aliphatic rings. The fraction of sp³-hybridized carbons (Fsp3) is 0.240. The summed E-state index contributed by atoms with van der Waals surface area (Å²) in [7, 11) is -3.69. The molecule has 0 saturated carbocycles. The van der Waals surface area contributed by atoms with Crippen LogP contribution in [0.2, 0.25) is 5.02 Å². The van der Waals surface area contributed by atoms with E-state index in [0.717, 1.165) is 16.8 Å². The molecule has 1 fully saturated rings. The Hall–Kier alpha value is -2.87. The number of anilines is 1. The van der Waals surface area contributed by atoms with Gasteiger partial charge in [0, 0.05) is 35.3 Å². The zero-order valence-corrected chi connectivity index (χ0v) is 19.4. The summed E-state index contributed by atoms with van der Waals surface area (Å²) in [5.41, 5.74) is 3.18. The molecular weight excluding hydrogens is 460 g/mol. The molecule has 0 aromatic heterocycles. The highest BCUT2D eigenvalue weighted by Crippen LogP contribution is 2.35. The average molecular weight is 483 g/mol. The van der Waals surface area contributed by atoms with Crippen molar-refractivity contribution in [2.45, 2.75) is 30.4 Å². The van der Waals surface area contributed by atoms with E-state index in [0.29, 0.717) is 41.4 Å². The Morgan fingerprint density at radius 1 is 0.909 bits per heavy atom. The molecule has 3 aromatic rings. The molecule has 6 nitrogen and oxygen atoms in total. The summed E-state index contributed by atoms with van der Waals surface area (Å²) in [6, 6.07) is 21.8. The van der Waals surface area contributed by atoms with Crippen LogP contribution in [-0.4, -0.2) is 37.9 Å². The van der Waals surface area contributed by atoms with E-state index in [1.807, 2.05) is 48.5 Å². The first-order valence-electron chi connectivity index (χ1n) is 10.8. The van der Waals surface area contributed by atoms with Crippen molar-refractivity contribution in [3.8, 4) is 11.1 Å². The van der Waals surface area contributed by atoms with Crippen LogP contribution in [0.5, 0.6) is 0 Å². The van der Waals surface area contributed by atoms with Crippen molar-refractivity contribution in [3.05, 3.63) is 83.4 Å². The Kier molecular flexibility index (Phi) is 5.86. The van der Waals surface area contributed by atoms with Crippen molar-refractivity contribution in [1.82, 2.24) is 4.31 Å². The Bertz CT molecular complexity index is 1290. The SMILES string of the molecule is O=C1OCc2cc(Cl)ccc2N1C1CCN(S(=O)(=O)c2ccccc2-c2ccccc2)CC1. The maximum Gasteiger partial charge on any atom is 0.414 e. The molecule has 170 valence electrons. The van der Waals surface area contributed by atoms with E-state index in [-0.39, 0.29) is 12.6 Å². The molecule has 5 rings (SSSR count). The molecule has 0 aliphatic carbocycles. The number of benzene rings is 3. The summed E-state index contributed by atoms with van der Waals surface area (Å²) in [4.78, 5) is 14.5. The third-order valence-electron chi connectivity index (χ3n) is 6.23.